The summed E-state index contributed by atoms with van der Waals surface area (Å²) < 4.78 is 5.15. The zero-order valence-electron chi connectivity index (χ0n) is 18.0. The number of methoxy groups -OCH3 is 1. The van der Waals surface area contributed by atoms with Crippen LogP contribution in [0, 0.1) is 6.92 Å². The largest absolute Gasteiger partial charge is 0.497 e. The minimum Gasteiger partial charge on any atom is -0.497 e. The Morgan fingerprint density at radius 2 is 1.56 bits per heavy atom. The second-order valence-corrected chi connectivity index (χ2v) is 7.40. The van der Waals surface area contributed by atoms with Gasteiger partial charge in [-0.3, -0.25) is 4.79 Å². The molecule has 0 aliphatic rings. The number of benzene rings is 3. The summed E-state index contributed by atoms with van der Waals surface area (Å²) >= 11 is 0. The molecule has 1 heterocycles. The highest BCUT2D eigenvalue weighted by Gasteiger charge is 2.07. The SMILES string of the molecule is COc1ccc(CNC(=O)c2ccc(Nc3ccc(-c4ccc(C)cc4)nn3)cc2)cc1. The van der Waals surface area contributed by atoms with Gasteiger partial charge in [-0.05, 0) is 61.0 Å². The second-order valence-electron chi connectivity index (χ2n) is 7.40. The Morgan fingerprint density at radius 3 is 2.19 bits per heavy atom. The van der Waals surface area contributed by atoms with E-state index in [1.807, 2.05) is 60.7 Å². The lowest BCUT2D eigenvalue weighted by atomic mass is 10.1. The van der Waals surface area contributed by atoms with Crippen molar-refractivity contribution in [3.63, 3.8) is 0 Å². The van der Waals surface area contributed by atoms with Crippen molar-refractivity contribution in [3.8, 4) is 17.0 Å². The molecule has 0 radical (unpaired) electrons. The van der Waals surface area contributed by atoms with Crippen LogP contribution in [0.4, 0.5) is 11.5 Å². The Labute approximate surface area is 187 Å². The summed E-state index contributed by atoms with van der Waals surface area (Å²) in [5.41, 5.74) is 5.47. The van der Waals surface area contributed by atoms with Crippen LogP contribution in [0.2, 0.25) is 0 Å². The van der Waals surface area contributed by atoms with Crippen LogP contribution in [-0.4, -0.2) is 23.2 Å². The molecule has 0 fully saturated rings. The zero-order chi connectivity index (χ0) is 22.3. The first-order valence-electron chi connectivity index (χ1n) is 10.3. The highest BCUT2D eigenvalue weighted by Crippen LogP contribution is 2.20. The molecular weight excluding hydrogens is 400 g/mol. The average Bonchev–Trinajstić information content (AvgIpc) is 2.84. The molecule has 6 nitrogen and oxygen atoms in total. The number of nitrogens with one attached hydrogen (secondary N) is 2. The van der Waals surface area contributed by atoms with E-state index in [1.54, 1.807) is 19.2 Å². The number of aryl methyl sites for hydroxylation is 1. The van der Waals surface area contributed by atoms with Crippen LogP contribution in [0.3, 0.4) is 0 Å². The molecule has 1 aromatic heterocycles. The van der Waals surface area contributed by atoms with Crippen LogP contribution in [0.5, 0.6) is 5.75 Å². The van der Waals surface area contributed by atoms with Crippen molar-refractivity contribution in [1.29, 1.82) is 0 Å². The Balaban J connectivity index is 1.33. The van der Waals surface area contributed by atoms with Gasteiger partial charge in [0.1, 0.15) is 5.75 Å². The quantitative estimate of drug-likeness (QED) is 0.430. The third-order valence-corrected chi connectivity index (χ3v) is 5.04. The van der Waals surface area contributed by atoms with E-state index in [4.69, 9.17) is 4.74 Å². The summed E-state index contributed by atoms with van der Waals surface area (Å²) in [5.74, 6) is 1.30. The predicted octanol–water partition coefficient (Wildman–Crippen LogP) is 5.13. The van der Waals surface area contributed by atoms with Gasteiger partial charge in [-0.15, -0.1) is 10.2 Å². The number of aromatic nitrogens is 2. The van der Waals surface area contributed by atoms with Crippen LogP contribution in [0.1, 0.15) is 21.5 Å². The lowest BCUT2D eigenvalue weighted by Crippen LogP contribution is -2.22. The van der Waals surface area contributed by atoms with Crippen molar-refractivity contribution in [1.82, 2.24) is 15.5 Å². The van der Waals surface area contributed by atoms with Gasteiger partial charge >= 0.3 is 0 Å². The minimum atomic E-state index is -0.130. The zero-order valence-corrected chi connectivity index (χ0v) is 18.0. The number of carbonyl (C=O) groups excluding carboxylic acids is 1. The third kappa shape index (κ3) is 5.29. The number of carbonyl (C=O) groups is 1. The number of anilines is 2. The topological polar surface area (TPSA) is 76.1 Å². The molecule has 1 amide bonds. The van der Waals surface area contributed by atoms with Gasteiger partial charge in [-0.2, -0.15) is 0 Å². The molecule has 0 unspecified atom stereocenters. The molecule has 32 heavy (non-hydrogen) atoms. The maximum Gasteiger partial charge on any atom is 0.251 e. The van der Waals surface area contributed by atoms with Gasteiger partial charge in [0.25, 0.3) is 5.91 Å². The lowest BCUT2D eigenvalue weighted by Gasteiger charge is -2.09. The number of ether oxygens (including phenoxy) is 1. The molecule has 0 saturated heterocycles. The fraction of sp³-hybridized carbons (Fsp3) is 0.115. The van der Waals surface area contributed by atoms with E-state index in [2.05, 4.69) is 39.9 Å². The first-order valence-corrected chi connectivity index (χ1v) is 10.3. The standard InChI is InChI=1S/C26H24N4O2/c1-18-3-7-20(8-4-18)24-15-16-25(30-29-24)28-22-11-9-21(10-12-22)26(31)27-17-19-5-13-23(32-2)14-6-19/h3-16H,17H2,1-2H3,(H,27,31)(H,28,30). The van der Waals surface area contributed by atoms with E-state index in [0.29, 0.717) is 17.9 Å². The Kier molecular flexibility index (Phi) is 6.41. The summed E-state index contributed by atoms with van der Waals surface area (Å²) in [6.07, 6.45) is 0. The van der Waals surface area contributed by atoms with Gasteiger partial charge in [0.2, 0.25) is 0 Å². The van der Waals surface area contributed by atoms with Crippen LogP contribution in [-0.2, 0) is 6.54 Å². The maximum atomic E-state index is 12.4. The summed E-state index contributed by atoms with van der Waals surface area (Å²) in [6.45, 7) is 2.50. The number of hydrogen-bond donors (Lipinski definition) is 2. The molecule has 0 bridgehead atoms. The Morgan fingerprint density at radius 1 is 0.844 bits per heavy atom. The number of amides is 1. The molecule has 4 rings (SSSR count). The Bertz CT molecular complexity index is 1170. The van der Waals surface area contributed by atoms with E-state index >= 15 is 0 Å². The smallest absolute Gasteiger partial charge is 0.251 e. The van der Waals surface area contributed by atoms with E-state index < -0.39 is 0 Å². The van der Waals surface area contributed by atoms with E-state index in [1.165, 1.54) is 5.56 Å². The first-order chi connectivity index (χ1) is 15.6. The summed E-state index contributed by atoms with van der Waals surface area (Å²) in [7, 11) is 1.63. The van der Waals surface area contributed by atoms with Crippen LogP contribution in [0.25, 0.3) is 11.3 Å². The number of nitrogens with zero attached hydrogens (tertiary/aromatic N) is 2. The average molecular weight is 425 g/mol. The fourth-order valence-electron chi connectivity index (χ4n) is 3.16. The summed E-state index contributed by atoms with van der Waals surface area (Å²) in [4.78, 5) is 12.4. The molecule has 0 spiro atoms. The van der Waals surface area contributed by atoms with Crippen LogP contribution >= 0.6 is 0 Å². The van der Waals surface area contributed by atoms with Crippen molar-refractivity contribution < 1.29 is 9.53 Å². The first kappa shape index (κ1) is 21.1. The van der Waals surface area contributed by atoms with E-state index in [0.717, 1.165) is 28.3 Å². The highest BCUT2D eigenvalue weighted by atomic mass is 16.5. The van der Waals surface area contributed by atoms with Crippen molar-refractivity contribution in [2.45, 2.75) is 13.5 Å². The van der Waals surface area contributed by atoms with Gasteiger partial charge in [-0.1, -0.05) is 42.0 Å². The van der Waals surface area contributed by atoms with Gasteiger partial charge in [0.05, 0.1) is 12.8 Å². The van der Waals surface area contributed by atoms with E-state index in [-0.39, 0.29) is 5.91 Å². The van der Waals surface area contributed by atoms with Crippen LogP contribution in [0.15, 0.2) is 84.9 Å². The van der Waals surface area contributed by atoms with Crippen molar-refractivity contribution >= 4 is 17.4 Å². The highest BCUT2D eigenvalue weighted by molar-refractivity contribution is 5.94. The number of hydrogen-bond acceptors (Lipinski definition) is 5. The predicted molar refractivity (Wildman–Crippen MR) is 126 cm³/mol. The molecular formula is C26H24N4O2. The molecule has 6 heteroatoms. The normalized spacial score (nSPS) is 10.4. The lowest BCUT2D eigenvalue weighted by molar-refractivity contribution is 0.0951. The molecule has 0 aliphatic heterocycles. The molecule has 0 atom stereocenters. The minimum absolute atomic E-state index is 0.130. The van der Waals surface area contributed by atoms with Gasteiger partial charge in [0, 0.05) is 23.4 Å². The van der Waals surface area contributed by atoms with Gasteiger partial charge in [0.15, 0.2) is 5.82 Å². The number of rotatable bonds is 7. The van der Waals surface area contributed by atoms with Gasteiger partial charge in [-0.25, -0.2) is 0 Å². The van der Waals surface area contributed by atoms with Crippen molar-refractivity contribution in [2.75, 3.05) is 12.4 Å². The van der Waals surface area contributed by atoms with Crippen molar-refractivity contribution in [3.05, 3.63) is 102 Å². The molecule has 160 valence electrons. The van der Waals surface area contributed by atoms with Gasteiger partial charge < -0.3 is 15.4 Å². The molecule has 3 aromatic carbocycles. The van der Waals surface area contributed by atoms with E-state index in [9.17, 15) is 4.79 Å². The molecule has 2 N–H and O–H groups in total. The Hall–Kier alpha value is -4.19. The summed E-state index contributed by atoms with van der Waals surface area (Å²) in [5, 5.41) is 14.7. The van der Waals surface area contributed by atoms with Crippen molar-refractivity contribution in [2.24, 2.45) is 0 Å². The third-order valence-electron chi connectivity index (χ3n) is 5.04. The summed E-state index contributed by atoms with van der Waals surface area (Å²) in [6, 6.07) is 26.8. The molecule has 4 aromatic rings. The monoisotopic (exact) mass is 424 g/mol. The molecule has 0 aliphatic carbocycles. The second kappa shape index (κ2) is 9.75. The maximum absolute atomic E-state index is 12.4. The van der Waals surface area contributed by atoms with Crippen LogP contribution < -0.4 is 15.4 Å². The fourth-order valence-corrected chi connectivity index (χ4v) is 3.16. The molecule has 0 saturated carbocycles.